The van der Waals surface area contributed by atoms with E-state index in [0.29, 0.717) is 4.60 Å². The first-order valence-electron chi connectivity index (χ1n) is 6.72. The number of hydrogen-bond donors (Lipinski definition) is 2. The van der Waals surface area contributed by atoms with Gasteiger partial charge in [0.1, 0.15) is 27.9 Å². The van der Waals surface area contributed by atoms with Crippen molar-refractivity contribution in [2.24, 2.45) is 0 Å². The van der Waals surface area contributed by atoms with Crippen LogP contribution in [-0.4, -0.2) is 46.8 Å². The van der Waals surface area contributed by atoms with Crippen molar-refractivity contribution >= 4 is 39.3 Å². The van der Waals surface area contributed by atoms with E-state index in [1.807, 2.05) is 0 Å². The molecule has 0 fully saturated rings. The van der Waals surface area contributed by atoms with E-state index < -0.39 is 42.8 Å². The number of hydrogen-bond acceptors (Lipinski definition) is 6. The molecule has 136 valence electrons. The van der Waals surface area contributed by atoms with Gasteiger partial charge in [-0.15, -0.1) is 11.3 Å². The van der Waals surface area contributed by atoms with Crippen LogP contribution < -0.4 is 5.32 Å². The minimum Gasteiger partial charge on any atom is -0.480 e. The van der Waals surface area contributed by atoms with E-state index in [0.717, 1.165) is 11.3 Å². The Labute approximate surface area is 149 Å². The van der Waals surface area contributed by atoms with Gasteiger partial charge in [-0.05, 0) is 36.7 Å². The molecule has 1 aromatic rings. The van der Waals surface area contributed by atoms with Crippen molar-refractivity contribution in [3.63, 3.8) is 0 Å². The first kappa shape index (κ1) is 20.7. The van der Waals surface area contributed by atoms with Gasteiger partial charge in [-0.25, -0.2) is 23.4 Å². The van der Waals surface area contributed by atoms with Crippen LogP contribution >= 0.6 is 27.3 Å². The molecule has 0 saturated heterocycles. The van der Waals surface area contributed by atoms with Crippen LogP contribution in [0.25, 0.3) is 0 Å². The molecule has 24 heavy (non-hydrogen) atoms. The lowest BCUT2D eigenvalue weighted by Gasteiger charge is -2.26. The predicted molar refractivity (Wildman–Crippen MR) is 85.3 cm³/mol. The van der Waals surface area contributed by atoms with Gasteiger partial charge in [0.05, 0.1) is 0 Å². The number of aromatic nitrogens is 1. The standard InChI is InChI=1S/C13H17BrF2N2O5S/c1-13(2,3)23-12(21)18-8(11(19)20)9(22-4-7(15)16)10-17-6(14)5-24-10/h5,7-9H,4H2,1-3H3,(H,18,21)(H,19,20). The van der Waals surface area contributed by atoms with Gasteiger partial charge < -0.3 is 19.9 Å². The summed E-state index contributed by atoms with van der Waals surface area (Å²) in [6, 6.07) is -1.64. The number of amides is 1. The van der Waals surface area contributed by atoms with Crippen LogP contribution in [0.1, 0.15) is 31.9 Å². The molecular weight excluding hydrogens is 414 g/mol. The fourth-order valence-electron chi connectivity index (χ4n) is 1.59. The van der Waals surface area contributed by atoms with Crippen molar-refractivity contribution in [2.45, 2.75) is 44.9 Å². The summed E-state index contributed by atoms with van der Waals surface area (Å²) in [6.07, 6.45) is -5.19. The maximum Gasteiger partial charge on any atom is 0.408 e. The molecule has 1 amide bonds. The lowest BCUT2D eigenvalue weighted by molar-refractivity contribution is -0.145. The van der Waals surface area contributed by atoms with Crippen molar-refractivity contribution in [1.29, 1.82) is 0 Å². The Morgan fingerprint density at radius 2 is 2.08 bits per heavy atom. The van der Waals surface area contributed by atoms with E-state index in [2.05, 4.69) is 26.2 Å². The number of carbonyl (C=O) groups is 2. The summed E-state index contributed by atoms with van der Waals surface area (Å²) in [4.78, 5) is 27.3. The Morgan fingerprint density at radius 1 is 1.46 bits per heavy atom. The monoisotopic (exact) mass is 430 g/mol. The van der Waals surface area contributed by atoms with Crippen molar-refractivity contribution < 1.29 is 33.0 Å². The molecule has 2 N–H and O–H groups in total. The Bertz CT molecular complexity index is 579. The highest BCUT2D eigenvalue weighted by atomic mass is 79.9. The predicted octanol–water partition coefficient (Wildman–Crippen LogP) is 3.21. The zero-order chi connectivity index (χ0) is 18.5. The molecule has 2 atom stereocenters. The van der Waals surface area contributed by atoms with Gasteiger partial charge >= 0.3 is 12.1 Å². The molecule has 0 radical (unpaired) electrons. The Morgan fingerprint density at radius 3 is 2.50 bits per heavy atom. The quantitative estimate of drug-likeness (QED) is 0.688. The Balaban J connectivity index is 2.99. The van der Waals surface area contributed by atoms with Gasteiger partial charge in [0.15, 0.2) is 6.04 Å². The van der Waals surface area contributed by atoms with Gasteiger partial charge in [-0.2, -0.15) is 0 Å². The number of carbonyl (C=O) groups excluding carboxylic acids is 1. The fourth-order valence-corrected chi connectivity index (χ4v) is 2.93. The van der Waals surface area contributed by atoms with E-state index in [4.69, 9.17) is 9.47 Å². The van der Waals surface area contributed by atoms with Gasteiger partial charge in [0.25, 0.3) is 6.43 Å². The highest BCUT2D eigenvalue weighted by Gasteiger charge is 2.36. The minimum absolute atomic E-state index is 0.131. The average Bonchev–Trinajstić information content (AvgIpc) is 2.81. The second-order valence-electron chi connectivity index (χ2n) is 5.62. The van der Waals surface area contributed by atoms with Crippen LogP contribution in [0.15, 0.2) is 9.98 Å². The smallest absolute Gasteiger partial charge is 0.408 e. The molecule has 0 bridgehead atoms. The van der Waals surface area contributed by atoms with E-state index in [1.165, 1.54) is 0 Å². The normalized spacial score (nSPS) is 14.3. The third kappa shape index (κ3) is 7.05. The third-order valence-corrected chi connectivity index (χ3v) is 4.00. The Kier molecular flexibility index (Phi) is 7.49. The second kappa shape index (κ2) is 8.67. The van der Waals surface area contributed by atoms with Crippen LogP contribution in [0.5, 0.6) is 0 Å². The molecule has 1 rings (SSSR count). The number of nitrogens with one attached hydrogen (secondary N) is 1. The number of thiazole rings is 1. The maximum atomic E-state index is 12.5. The zero-order valence-electron chi connectivity index (χ0n) is 13.1. The Hall–Kier alpha value is -1.33. The number of aliphatic carboxylic acids is 1. The molecule has 0 spiro atoms. The lowest BCUT2D eigenvalue weighted by atomic mass is 10.1. The largest absolute Gasteiger partial charge is 0.480 e. The first-order valence-corrected chi connectivity index (χ1v) is 8.40. The molecular formula is C13H17BrF2N2O5S. The minimum atomic E-state index is -2.80. The van der Waals surface area contributed by atoms with Gasteiger partial charge in [0, 0.05) is 5.38 Å². The summed E-state index contributed by atoms with van der Waals surface area (Å²) in [5.41, 5.74) is -0.851. The molecule has 0 aliphatic rings. The fraction of sp³-hybridized carbons (Fsp3) is 0.615. The number of alkyl halides is 2. The molecule has 0 aliphatic carbocycles. The molecule has 7 nitrogen and oxygen atoms in total. The summed E-state index contributed by atoms with van der Waals surface area (Å²) in [6.45, 7) is 3.81. The molecule has 0 aromatic carbocycles. The van der Waals surface area contributed by atoms with Gasteiger partial charge in [-0.3, -0.25) is 0 Å². The van der Waals surface area contributed by atoms with E-state index in [1.54, 1.807) is 26.2 Å². The summed E-state index contributed by atoms with van der Waals surface area (Å²) in [7, 11) is 0. The van der Waals surface area contributed by atoms with E-state index >= 15 is 0 Å². The first-order chi connectivity index (χ1) is 11.0. The van der Waals surface area contributed by atoms with Crippen molar-refractivity contribution in [2.75, 3.05) is 6.61 Å². The van der Waals surface area contributed by atoms with E-state index in [9.17, 15) is 23.5 Å². The molecule has 1 aromatic heterocycles. The van der Waals surface area contributed by atoms with Crippen molar-refractivity contribution in [3.8, 4) is 0 Å². The summed E-state index contributed by atoms with van der Waals surface area (Å²) in [5.74, 6) is -1.47. The molecule has 2 unspecified atom stereocenters. The van der Waals surface area contributed by atoms with Crippen LogP contribution in [0.2, 0.25) is 0 Å². The third-order valence-electron chi connectivity index (χ3n) is 2.38. The summed E-state index contributed by atoms with van der Waals surface area (Å²) < 4.78 is 35.3. The molecule has 0 saturated carbocycles. The van der Waals surface area contributed by atoms with E-state index in [-0.39, 0.29) is 5.01 Å². The number of carboxylic acid groups (broad SMARTS) is 1. The number of ether oxygens (including phenoxy) is 2. The van der Waals surface area contributed by atoms with Crippen LogP contribution in [0.3, 0.4) is 0 Å². The highest BCUT2D eigenvalue weighted by molar-refractivity contribution is 9.10. The number of halogens is 3. The second-order valence-corrected chi connectivity index (χ2v) is 7.32. The van der Waals surface area contributed by atoms with Crippen molar-refractivity contribution in [1.82, 2.24) is 10.3 Å². The van der Waals surface area contributed by atoms with Crippen molar-refractivity contribution in [3.05, 3.63) is 15.0 Å². The summed E-state index contributed by atoms with van der Waals surface area (Å²) in [5, 5.41) is 13.1. The van der Waals surface area contributed by atoms with Crippen LogP contribution in [0.4, 0.5) is 13.6 Å². The molecule has 11 heteroatoms. The van der Waals surface area contributed by atoms with Gasteiger partial charge in [0.2, 0.25) is 0 Å². The lowest BCUT2D eigenvalue weighted by Crippen LogP contribution is -2.47. The molecule has 1 heterocycles. The summed E-state index contributed by atoms with van der Waals surface area (Å²) >= 11 is 4.11. The molecule has 0 aliphatic heterocycles. The van der Waals surface area contributed by atoms with Gasteiger partial charge in [-0.1, -0.05) is 0 Å². The number of carboxylic acids is 1. The SMILES string of the molecule is CC(C)(C)OC(=O)NC(C(=O)O)C(OCC(F)F)c1nc(Br)cs1. The highest BCUT2D eigenvalue weighted by Crippen LogP contribution is 2.28. The van der Waals surface area contributed by atoms with Crippen LogP contribution in [-0.2, 0) is 14.3 Å². The number of alkyl carbamates (subject to hydrolysis) is 1. The topological polar surface area (TPSA) is 97.8 Å². The maximum absolute atomic E-state index is 12.5. The number of rotatable bonds is 7. The zero-order valence-corrected chi connectivity index (χ0v) is 15.5. The average molecular weight is 431 g/mol. The van der Waals surface area contributed by atoms with Crippen LogP contribution in [0, 0.1) is 0 Å². The number of nitrogens with zero attached hydrogens (tertiary/aromatic N) is 1.